The second-order valence-corrected chi connectivity index (χ2v) is 5.44. The Labute approximate surface area is 115 Å². The predicted octanol–water partition coefficient (Wildman–Crippen LogP) is -0.0334. The highest BCUT2D eigenvalue weighted by atomic mass is 32.2. The molecular weight excluding hydrogens is 284 g/mol. The molecule has 0 atom stereocenters. The van der Waals surface area contributed by atoms with Gasteiger partial charge in [-0.3, -0.25) is 0 Å². The average Bonchev–Trinajstić information content (AvgIpc) is 2.37. The molecule has 0 aliphatic carbocycles. The molecule has 0 spiro atoms. The third kappa shape index (κ3) is 3.09. The Bertz CT molecular complexity index is 716. The maximum absolute atomic E-state index is 12.1. The van der Waals surface area contributed by atoms with Gasteiger partial charge in [-0.25, -0.2) is 28.1 Å². The van der Waals surface area contributed by atoms with Crippen LogP contribution in [-0.4, -0.2) is 35.5 Å². The number of ether oxygens (including phenoxy) is 1. The van der Waals surface area contributed by atoms with E-state index in [4.69, 9.17) is 10.5 Å². The molecule has 0 saturated heterocycles. The zero-order valence-corrected chi connectivity index (χ0v) is 11.5. The highest BCUT2D eigenvalue weighted by Crippen LogP contribution is 2.15. The fourth-order valence-corrected chi connectivity index (χ4v) is 2.17. The van der Waals surface area contributed by atoms with E-state index in [0.717, 1.165) is 12.4 Å². The number of hydrogen-bond donors (Lipinski definition) is 2. The molecule has 10 heteroatoms. The van der Waals surface area contributed by atoms with Gasteiger partial charge in [-0.15, -0.1) is 0 Å². The quantitative estimate of drug-likeness (QED) is 0.803. The van der Waals surface area contributed by atoms with Gasteiger partial charge in [0.2, 0.25) is 17.8 Å². The number of nitrogens with one attached hydrogen (secondary N) is 1. The van der Waals surface area contributed by atoms with Crippen LogP contribution in [0.3, 0.4) is 0 Å². The summed E-state index contributed by atoms with van der Waals surface area (Å²) in [6, 6.07) is 1.57. The monoisotopic (exact) mass is 296 g/mol. The normalized spacial score (nSPS) is 11.1. The van der Waals surface area contributed by atoms with Gasteiger partial charge in [-0.05, 0) is 6.92 Å². The molecule has 0 aliphatic rings. The minimum absolute atomic E-state index is 0.0163. The molecule has 20 heavy (non-hydrogen) atoms. The molecule has 2 heterocycles. The Hall–Kier alpha value is -2.49. The van der Waals surface area contributed by atoms with Crippen LogP contribution in [0.5, 0.6) is 5.88 Å². The summed E-state index contributed by atoms with van der Waals surface area (Å²) in [7, 11) is -2.46. The van der Waals surface area contributed by atoms with Gasteiger partial charge in [0, 0.05) is 11.8 Å². The fraction of sp³-hybridized carbons (Fsp3) is 0.200. The first-order valence-electron chi connectivity index (χ1n) is 5.41. The molecule has 0 radical (unpaired) electrons. The van der Waals surface area contributed by atoms with Crippen molar-refractivity contribution in [2.45, 2.75) is 11.8 Å². The fourth-order valence-electron chi connectivity index (χ4n) is 1.33. The highest BCUT2D eigenvalue weighted by Gasteiger charge is 2.17. The molecule has 3 N–H and O–H groups in total. The van der Waals surface area contributed by atoms with Crippen molar-refractivity contribution in [2.75, 3.05) is 17.6 Å². The lowest BCUT2D eigenvalue weighted by molar-refractivity contribution is 0.397. The summed E-state index contributed by atoms with van der Waals surface area (Å²) in [6.45, 7) is 1.69. The van der Waals surface area contributed by atoms with Gasteiger partial charge < -0.3 is 10.5 Å². The van der Waals surface area contributed by atoms with Crippen molar-refractivity contribution in [2.24, 2.45) is 0 Å². The number of sulfonamides is 1. The summed E-state index contributed by atoms with van der Waals surface area (Å²) in [5, 5.41) is 0. The molecule has 0 fully saturated rings. The number of rotatable bonds is 4. The third-order valence-electron chi connectivity index (χ3n) is 2.22. The van der Waals surface area contributed by atoms with E-state index in [1.165, 1.54) is 7.11 Å². The van der Waals surface area contributed by atoms with Crippen molar-refractivity contribution in [3.63, 3.8) is 0 Å². The molecule has 0 amide bonds. The minimum atomic E-state index is -3.88. The van der Waals surface area contributed by atoms with Gasteiger partial charge in [-0.1, -0.05) is 0 Å². The van der Waals surface area contributed by atoms with Crippen LogP contribution < -0.4 is 15.2 Å². The molecule has 106 valence electrons. The van der Waals surface area contributed by atoms with Crippen LogP contribution in [0.4, 0.5) is 11.9 Å². The number of aryl methyl sites for hydroxylation is 1. The highest BCUT2D eigenvalue weighted by molar-refractivity contribution is 7.92. The van der Waals surface area contributed by atoms with Crippen molar-refractivity contribution in [3.8, 4) is 5.88 Å². The van der Waals surface area contributed by atoms with E-state index in [2.05, 4.69) is 24.7 Å². The van der Waals surface area contributed by atoms with Crippen molar-refractivity contribution in [1.29, 1.82) is 0 Å². The summed E-state index contributed by atoms with van der Waals surface area (Å²) in [5.74, 6) is 0.139. The zero-order chi connectivity index (χ0) is 14.8. The molecule has 2 aromatic rings. The Morgan fingerprint density at radius 3 is 2.50 bits per heavy atom. The van der Waals surface area contributed by atoms with E-state index in [1.54, 1.807) is 13.0 Å². The molecule has 9 nitrogen and oxygen atoms in total. The van der Waals surface area contributed by atoms with E-state index in [9.17, 15) is 8.42 Å². The van der Waals surface area contributed by atoms with Crippen LogP contribution in [0.1, 0.15) is 5.69 Å². The zero-order valence-electron chi connectivity index (χ0n) is 10.7. The predicted molar refractivity (Wildman–Crippen MR) is 70.6 cm³/mol. The molecule has 0 aromatic carbocycles. The lowest BCUT2D eigenvalue weighted by atomic mass is 10.4. The molecule has 2 aromatic heterocycles. The van der Waals surface area contributed by atoms with Crippen molar-refractivity contribution >= 4 is 21.9 Å². The smallest absolute Gasteiger partial charge is 0.267 e. The maximum Gasteiger partial charge on any atom is 0.267 e. The SMILES string of the molecule is COc1cc(C)nc(NS(=O)(=O)c2cnc(N)nc2)n1. The first-order valence-corrected chi connectivity index (χ1v) is 6.89. The van der Waals surface area contributed by atoms with Crippen LogP contribution in [0.25, 0.3) is 0 Å². The standard InChI is InChI=1S/C10H12N6O3S/c1-6-3-8(19-2)15-10(14-6)16-20(17,18)7-4-12-9(11)13-5-7/h3-5H,1-2H3,(H2,11,12,13)(H,14,15,16). The van der Waals surface area contributed by atoms with Crippen molar-refractivity contribution < 1.29 is 13.2 Å². The summed E-state index contributed by atoms with van der Waals surface area (Å²) in [6.07, 6.45) is 2.19. The summed E-state index contributed by atoms with van der Waals surface area (Å²) < 4.78 is 31.3. The number of nitrogens with two attached hydrogens (primary N) is 1. The van der Waals surface area contributed by atoms with Crippen LogP contribution in [0.15, 0.2) is 23.4 Å². The first-order chi connectivity index (χ1) is 9.40. The number of aromatic nitrogens is 4. The van der Waals surface area contributed by atoms with Gasteiger partial charge >= 0.3 is 0 Å². The van der Waals surface area contributed by atoms with Crippen molar-refractivity contribution in [3.05, 3.63) is 24.2 Å². The van der Waals surface area contributed by atoms with Gasteiger partial charge in [0.15, 0.2) is 0 Å². The Balaban J connectivity index is 2.33. The number of hydrogen-bond acceptors (Lipinski definition) is 8. The molecule has 0 aliphatic heterocycles. The Morgan fingerprint density at radius 2 is 1.90 bits per heavy atom. The van der Waals surface area contributed by atoms with Crippen LogP contribution in [0, 0.1) is 6.92 Å². The van der Waals surface area contributed by atoms with Gasteiger partial charge in [-0.2, -0.15) is 4.98 Å². The lowest BCUT2D eigenvalue weighted by Gasteiger charge is -2.08. The van der Waals surface area contributed by atoms with Crippen LogP contribution in [0.2, 0.25) is 0 Å². The van der Waals surface area contributed by atoms with E-state index in [0.29, 0.717) is 5.69 Å². The number of anilines is 2. The molecule has 2 rings (SSSR count). The average molecular weight is 296 g/mol. The number of nitrogens with zero attached hydrogens (tertiary/aromatic N) is 4. The van der Waals surface area contributed by atoms with Crippen LogP contribution >= 0.6 is 0 Å². The second kappa shape index (κ2) is 5.25. The second-order valence-electron chi connectivity index (χ2n) is 3.76. The number of nitrogen functional groups attached to an aromatic ring is 1. The van der Waals surface area contributed by atoms with E-state index >= 15 is 0 Å². The van der Waals surface area contributed by atoms with Crippen LogP contribution in [-0.2, 0) is 10.0 Å². The summed E-state index contributed by atoms with van der Waals surface area (Å²) >= 11 is 0. The lowest BCUT2D eigenvalue weighted by Crippen LogP contribution is -2.16. The first kappa shape index (κ1) is 13.9. The van der Waals surface area contributed by atoms with E-state index < -0.39 is 10.0 Å². The molecule has 0 bridgehead atoms. The molecule has 0 saturated carbocycles. The Morgan fingerprint density at radius 1 is 1.25 bits per heavy atom. The summed E-state index contributed by atoms with van der Waals surface area (Å²) in [5.41, 5.74) is 5.86. The largest absolute Gasteiger partial charge is 0.481 e. The third-order valence-corrected chi connectivity index (χ3v) is 3.51. The van der Waals surface area contributed by atoms with Gasteiger partial charge in [0.1, 0.15) is 4.90 Å². The minimum Gasteiger partial charge on any atom is -0.481 e. The van der Waals surface area contributed by atoms with E-state index in [1.807, 2.05) is 0 Å². The Kier molecular flexibility index (Phi) is 3.66. The molecular formula is C10H12N6O3S. The number of methoxy groups -OCH3 is 1. The van der Waals surface area contributed by atoms with Gasteiger partial charge in [0.05, 0.1) is 19.5 Å². The molecule has 0 unspecified atom stereocenters. The van der Waals surface area contributed by atoms with E-state index in [-0.39, 0.29) is 22.7 Å². The topological polar surface area (TPSA) is 133 Å². The maximum atomic E-state index is 12.1. The van der Waals surface area contributed by atoms with Gasteiger partial charge in [0.25, 0.3) is 10.0 Å². The summed E-state index contributed by atoms with van der Waals surface area (Å²) in [4.78, 5) is 15.0. The van der Waals surface area contributed by atoms with Crippen molar-refractivity contribution in [1.82, 2.24) is 19.9 Å².